The molecule has 1 aromatic heterocycles. The Morgan fingerprint density at radius 2 is 1.68 bits per heavy atom. The summed E-state index contributed by atoms with van der Waals surface area (Å²) in [6.07, 6.45) is 11.7. The molecule has 0 radical (unpaired) electrons. The molecule has 1 aliphatic heterocycles. The van der Waals surface area contributed by atoms with E-state index in [-0.39, 0.29) is 11.1 Å². The van der Waals surface area contributed by atoms with Crippen LogP contribution in [0.15, 0.2) is 4.79 Å². The molecular weight excluding hydrogens is 274 g/mol. The van der Waals surface area contributed by atoms with Crippen LogP contribution < -0.4 is 11.0 Å². The van der Waals surface area contributed by atoms with Gasteiger partial charge in [-0.05, 0) is 75.5 Å². The van der Waals surface area contributed by atoms with Crippen molar-refractivity contribution in [3.05, 3.63) is 21.7 Å². The van der Waals surface area contributed by atoms with Crippen molar-refractivity contribution < 1.29 is 0 Å². The zero-order chi connectivity index (χ0) is 14.7. The molecule has 118 valence electrons. The summed E-state index contributed by atoms with van der Waals surface area (Å²) in [7, 11) is 0. The minimum Gasteiger partial charge on any atom is -0.370 e. The molecule has 0 atom stereocenters. The van der Waals surface area contributed by atoms with Crippen molar-refractivity contribution in [2.45, 2.75) is 63.2 Å². The third-order valence-electron chi connectivity index (χ3n) is 6.75. The lowest BCUT2D eigenvalue weighted by Gasteiger charge is -2.57. The first-order valence-corrected chi connectivity index (χ1v) is 9.09. The number of aromatic nitrogens is 2. The zero-order valence-corrected chi connectivity index (χ0v) is 13.2. The molecule has 0 unspecified atom stereocenters. The van der Waals surface area contributed by atoms with Crippen LogP contribution in [-0.4, -0.2) is 16.5 Å². The van der Waals surface area contributed by atoms with Crippen molar-refractivity contribution >= 4 is 5.82 Å². The van der Waals surface area contributed by atoms with Gasteiger partial charge in [-0.25, -0.2) is 4.79 Å². The quantitative estimate of drug-likeness (QED) is 0.838. The Kier molecular flexibility index (Phi) is 2.74. The SMILES string of the molecule is O=c1nc2c(c(C34CC5CC(CC(C5)C3)C4)[nH]1)CCCCN2. The van der Waals surface area contributed by atoms with Crippen LogP contribution >= 0.6 is 0 Å². The molecule has 4 heteroatoms. The van der Waals surface area contributed by atoms with E-state index >= 15 is 0 Å². The average molecular weight is 299 g/mol. The van der Waals surface area contributed by atoms with Gasteiger partial charge in [0.25, 0.3) is 0 Å². The third-order valence-corrected chi connectivity index (χ3v) is 6.75. The first kappa shape index (κ1) is 13.1. The van der Waals surface area contributed by atoms with Crippen molar-refractivity contribution in [2.24, 2.45) is 17.8 Å². The van der Waals surface area contributed by atoms with Crippen LogP contribution in [0, 0.1) is 17.8 Å². The summed E-state index contributed by atoms with van der Waals surface area (Å²) in [6.45, 7) is 0.948. The summed E-state index contributed by atoms with van der Waals surface area (Å²) in [6, 6.07) is 0. The minimum atomic E-state index is -0.154. The first-order chi connectivity index (χ1) is 10.7. The second-order valence-corrected chi connectivity index (χ2v) is 8.33. The standard InChI is InChI=1S/C18H25N3O/c22-17-20-15(14-3-1-2-4-19-16(14)21-17)18-8-11-5-12(9-18)7-13(6-11)10-18/h11-13H,1-10H2,(H2,19,20,21,22). The first-order valence-electron chi connectivity index (χ1n) is 9.09. The van der Waals surface area contributed by atoms with E-state index in [1.54, 1.807) is 0 Å². The van der Waals surface area contributed by atoms with Gasteiger partial charge >= 0.3 is 5.69 Å². The van der Waals surface area contributed by atoms with Gasteiger partial charge in [-0.1, -0.05) is 0 Å². The van der Waals surface area contributed by atoms with E-state index < -0.39 is 0 Å². The number of hydrogen-bond acceptors (Lipinski definition) is 3. The lowest BCUT2D eigenvalue weighted by atomic mass is 9.48. The molecule has 4 aliphatic carbocycles. The van der Waals surface area contributed by atoms with Gasteiger partial charge < -0.3 is 10.3 Å². The fourth-order valence-corrected chi connectivity index (χ4v) is 6.39. The van der Waals surface area contributed by atoms with Crippen molar-refractivity contribution in [3.8, 4) is 0 Å². The molecule has 4 saturated carbocycles. The number of nitrogens with one attached hydrogen (secondary N) is 2. The number of fused-ring (bicyclic) bond motifs is 1. The van der Waals surface area contributed by atoms with Gasteiger partial charge in [0.1, 0.15) is 5.82 Å². The Morgan fingerprint density at radius 3 is 2.36 bits per heavy atom. The molecule has 4 fully saturated rings. The van der Waals surface area contributed by atoms with Crippen LogP contribution in [0.25, 0.3) is 0 Å². The van der Waals surface area contributed by atoms with Crippen LogP contribution in [-0.2, 0) is 11.8 Å². The lowest BCUT2D eigenvalue weighted by molar-refractivity contribution is -0.00776. The van der Waals surface area contributed by atoms with E-state index in [1.165, 1.54) is 62.6 Å². The molecule has 5 aliphatic rings. The van der Waals surface area contributed by atoms with E-state index in [4.69, 9.17) is 0 Å². The molecule has 0 amide bonds. The van der Waals surface area contributed by atoms with Crippen molar-refractivity contribution in [3.63, 3.8) is 0 Å². The highest BCUT2D eigenvalue weighted by atomic mass is 16.1. The highest BCUT2D eigenvalue weighted by molar-refractivity contribution is 5.49. The predicted octanol–water partition coefficient (Wildman–Crippen LogP) is 2.99. The van der Waals surface area contributed by atoms with Gasteiger partial charge in [-0.2, -0.15) is 4.98 Å². The second-order valence-electron chi connectivity index (χ2n) is 8.33. The van der Waals surface area contributed by atoms with Gasteiger partial charge in [0.2, 0.25) is 0 Å². The van der Waals surface area contributed by atoms with Crippen molar-refractivity contribution in [1.82, 2.24) is 9.97 Å². The molecule has 4 bridgehead atoms. The van der Waals surface area contributed by atoms with E-state index in [0.717, 1.165) is 36.5 Å². The molecular formula is C18H25N3O. The van der Waals surface area contributed by atoms with E-state index in [9.17, 15) is 4.79 Å². The molecule has 22 heavy (non-hydrogen) atoms. The fourth-order valence-electron chi connectivity index (χ4n) is 6.39. The molecule has 4 nitrogen and oxygen atoms in total. The fraction of sp³-hybridized carbons (Fsp3) is 0.778. The Labute approximate surface area is 131 Å². The summed E-state index contributed by atoms with van der Waals surface area (Å²) in [5, 5.41) is 3.41. The summed E-state index contributed by atoms with van der Waals surface area (Å²) in [5.41, 5.74) is 2.71. The molecule has 2 heterocycles. The molecule has 2 N–H and O–H groups in total. The van der Waals surface area contributed by atoms with E-state index in [2.05, 4.69) is 15.3 Å². The van der Waals surface area contributed by atoms with Crippen LogP contribution in [0.2, 0.25) is 0 Å². The van der Waals surface area contributed by atoms with Crippen LogP contribution in [0.5, 0.6) is 0 Å². The zero-order valence-electron chi connectivity index (χ0n) is 13.2. The highest BCUT2D eigenvalue weighted by Gasteiger charge is 2.53. The van der Waals surface area contributed by atoms with Crippen LogP contribution in [0.4, 0.5) is 5.82 Å². The maximum Gasteiger partial charge on any atom is 0.347 e. The average Bonchev–Trinajstić information content (AvgIpc) is 2.70. The monoisotopic (exact) mass is 299 g/mol. The Balaban J connectivity index is 1.66. The number of anilines is 1. The van der Waals surface area contributed by atoms with Gasteiger partial charge in [-0.15, -0.1) is 0 Å². The van der Waals surface area contributed by atoms with Gasteiger partial charge in [0.05, 0.1) is 0 Å². The summed E-state index contributed by atoms with van der Waals surface area (Å²) in [5.74, 6) is 3.58. The van der Waals surface area contributed by atoms with Gasteiger partial charge in [-0.3, -0.25) is 0 Å². The smallest absolute Gasteiger partial charge is 0.347 e. The normalized spacial score (nSPS) is 39.2. The molecule has 0 saturated heterocycles. The van der Waals surface area contributed by atoms with E-state index in [1.807, 2.05) is 0 Å². The maximum atomic E-state index is 12.2. The summed E-state index contributed by atoms with van der Waals surface area (Å²) < 4.78 is 0. The largest absolute Gasteiger partial charge is 0.370 e. The molecule has 1 aromatic rings. The van der Waals surface area contributed by atoms with E-state index in [0.29, 0.717) is 0 Å². The molecule has 6 rings (SSSR count). The summed E-state index contributed by atoms with van der Waals surface area (Å²) in [4.78, 5) is 19.6. The lowest BCUT2D eigenvalue weighted by Crippen LogP contribution is -2.50. The Morgan fingerprint density at radius 1 is 1.00 bits per heavy atom. The predicted molar refractivity (Wildman–Crippen MR) is 86.1 cm³/mol. The number of hydrogen-bond donors (Lipinski definition) is 2. The molecule has 0 aromatic carbocycles. The highest BCUT2D eigenvalue weighted by Crippen LogP contribution is 2.61. The number of aromatic amines is 1. The number of nitrogens with zero attached hydrogens (tertiary/aromatic N) is 1. The topological polar surface area (TPSA) is 57.8 Å². The Bertz CT molecular complexity index is 628. The van der Waals surface area contributed by atoms with Gasteiger partial charge in [0.15, 0.2) is 0 Å². The van der Waals surface area contributed by atoms with Crippen LogP contribution in [0.3, 0.4) is 0 Å². The third kappa shape index (κ3) is 1.88. The van der Waals surface area contributed by atoms with Crippen LogP contribution in [0.1, 0.15) is 62.6 Å². The second kappa shape index (κ2) is 4.59. The van der Waals surface area contributed by atoms with Crippen molar-refractivity contribution in [1.29, 1.82) is 0 Å². The van der Waals surface area contributed by atoms with Crippen molar-refractivity contribution in [2.75, 3.05) is 11.9 Å². The minimum absolute atomic E-state index is 0.154. The summed E-state index contributed by atoms with van der Waals surface area (Å²) >= 11 is 0. The maximum absolute atomic E-state index is 12.2. The number of rotatable bonds is 1. The Hall–Kier alpha value is -1.32. The number of H-pyrrole nitrogens is 1. The van der Waals surface area contributed by atoms with Gasteiger partial charge in [0, 0.05) is 23.2 Å². The molecule has 0 spiro atoms.